The topological polar surface area (TPSA) is 85.6 Å². The Kier molecular flexibility index (Phi) is 2.68. The molecule has 0 fully saturated rings. The van der Waals surface area contributed by atoms with Crippen LogP contribution in [0.5, 0.6) is 0 Å². The summed E-state index contributed by atoms with van der Waals surface area (Å²) < 4.78 is 1.43. The van der Waals surface area contributed by atoms with Crippen molar-refractivity contribution in [3.05, 3.63) is 17.7 Å². The van der Waals surface area contributed by atoms with Gasteiger partial charge in [0.25, 0.3) is 0 Å². The summed E-state index contributed by atoms with van der Waals surface area (Å²) in [5, 5.41) is 15.3. The second-order valence-corrected chi connectivity index (χ2v) is 3.95. The lowest BCUT2D eigenvalue weighted by atomic mass is 10.6. The van der Waals surface area contributed by atoms with E-state index in [1.807, 2.05) is 6.92 Å². The smallest absolute Gasteiger partial charge is 0.247 e. The summed E-state index contributed by atoms with van der Waals surface area (Å²) in [4.78, 5) is 15.2. The summed E-state index contributed by atoms with van der Waals surface area (Å²) in [6.07, 6.45) is 2.85. The van der Waals surface area contributed by atoms with Gasteiger partial charge in [-0.2, -0.15) is 5.10 Å². The van der Waals surface area contributed by atoms with Crippen molar-refractivity contribution in [1.29, 1.82) is 0 Å². The first-order chi connectivity index (χ1) is 7.24. The first kappa shape index (κ1) is 9.71. The first-order valence-corrected chi connectivity index (χ1v) is 4.98. The van der Waals surface area contributed by atoms with Crippen molar-refractivity contribution >= 4 is 22.4 Å². The van der Waals surface area contributed by atoms with E-state index >= 15 is 0 Å². The van der Waals surface area contributed by atoms with Gasteiger partial charge in [0.2, 0.25) is 11.0 Å². The molecule has 0 aliphatic carbocycles. The molecule has 0 aromatic carbocycles. The molecular weight excluding hydrogens is 216 g/mol. The van der Waals surface area contributed by atoms with Crippen molar-refractivity contribution in [3.8, 4) is 0 Å². The van der Waals surface area contributed by atoms with Crippen LogP contribution in [-0.2, 0) is 11.3 Å². The zero-order valence-electron chi connectivity index (χ0n) is 7.91. The minimum atomic E-state index is -0.198. The Hall–Kier alpha value is -1.83. The van der Waals surface area contributed by atoms with Gasteiger partial charge in [0.15, 0.2) is 0 Å². The molecular formula is C7H8N6OS. The molecule has 2 rings (SSSR count). The zero-order valence-corrected chi connectivity index (χ0v) is 8.73. The van der Waals surface area contributed by atoms with E-state index in [4.69, 9.17) is 0 Å². The van der Waals surface area contributed by atoms with Gasteiger partial charge in [-0.05, 0) is 6.92 Å². The number of hydrogen-bond donors (Lipinski definition) is 1. The molecule has 0 saturated carbocycles. The van der Waals surface area contributed by atoms with E-state index in [0.717, 1.165) is 5.01 Å². The summed E-state index contributed by atoms with van der Waals surface area (Å²) in [6.45, 7) is 1.95. The first-order valence-electron chi connectivity index (χ1n) is 4.16. The molecule has 15 heavy (non-hydrogen) atoms. The summed E-state index contributed by atoms with van der Waals surface area (Å²) in [5.41, 5.74) is 0. The second kappa shape index (κ2) is 4.13. The average Bonchev–Trinajstić information content (AvgIpc) is 2.77. The minimum Gasteiger partial charge on any atom is -0.299 e. The predicted molar refractivity (Wildman–Crippen MR) is 53.3 cm³/mol. The molecule has 0 saturated heterocycles. The van der Waals surface area contributed by atoms with Gasteiger partial charge in [-0.25, -0.2) is 9.67 Å². The number of anilines is 1. The monoisotopic (exact) mass is 224 g/mol. The predicted octanol–water partition coefficient (Wildman–Crippen LogP) is 0.0767. The average molecular weight is 224 g/mol. The lowest BCUT2D eigenvalue weighted by molar-refractivity contribution is -0.116. The van der Waals surface area contributed by atoms with Crippen molar-refractivity contribution in [2.75, 3.05) is 5.32 Å². The SMILES string of the molecule is Cc1nnc(NC(=O)Cn2cncn2)s1. The number of aryl methyl sites for hydroxylation is 1. The molecule has 0 aliphatic heterocycles. The van der Waals surface area contributed by atoms with E-state index < -0.39 is 0 Å². The van der Waals surface area contributed by atoms with Gasteiger partial charge in [-0.15, -0.1) is 10.2 Å². The van der Waals surface area contributed by atoms with Gasteiger partial charge in [-0.1, -0.05) is 11.3 Å². The van der Waals surface area contributed by atoms with Crippen LogP contribution < -0.4 is 5.32 Å². The Labute approximate surface area is 89.2 Å². The van der Waals surface area contributed by atoms with Crippen LogP contribution in [0.2, 0.25) is 0 Å². The highest BCUT2D eigenvalue weighted by Crippen LogP contribution is 2.13. The molecule has 2 aromatic heterocycles. The molecule has 0 radical (unpaired) electrons. The van der Waals surface area contributed by atoms with Crippen molar-refractivity contribution in [1.82, 2.24) is 25.0 Å². The molecule has 0 aliphatic rings. The zero-order chi connectivity index (χ0) is 10.7. The van der Waals surface area contributed by atoms with Crippen LogP contribution in [0.3, 0.4) is 0 Å². The third kappa shape index (κ3) is 2.56. The molecule has 8 heteroatoms. The standard InChI is InChI=1S/C7H8N6OS/c1-5-11-12-7(15-5)10-6(14)2-13-4-8-3-9-13/h3-4H,2H2,1H3,(H,10,12,14). The Morgan fingerprint density at radius 1 is 1.60 bits per heavy atom. The van der Waals surface area contributed by atoms with Crippen LogP contribution in [0, 0.1) is 6.92 Å². The second-order valence-electron chi connectivity index (χ2n) is 2.77. The van der Waals surface area contributed by atoms with Gasteiger partial charge in [0, 0.05) is 0 Å². The van der Waals surface area contributed by atoms with Crippen molar-refractivity contribution < 1.29 is 4.79 Å². The van der Waals surface area contributed by atoms with E-state index in [1.165, 1.54) is 28.7 Å². The normalized spacial score (nSPS) is 10.2. The van der Waals surface area contributed by atoms with E-state index in [9.17, 15) is 4.79 Å². The quantitative estimate of drug-likeness (QED) is 0.797. The minimum absolute atomic E-state index is 0.124. The van der Waals surface area contributed by atoms with Crippen LogP contribution in [0.4, 0.5) is 5.13 Å². The summed E-state index contributed by atoms with van der Waals surface area (Å²) in [7, 11) is 0. The van der Waals surface area contributed by atoms with Gasteiger partial charge >= 0.3 is 0 Å². The van der Waals surface area contributed by atoms with Crippen LogP contribution in [0.1, 0.15) is 5.01 Å². The van der Waals surface area contributed by atoms with E-state index in [1.54, 1.807) is 0 Å². The molecule has 0 atom stereocenters. The molecule has 0 spiro atoms. The van der Waals surface area contributed by atoms with Crippen LogP contribution >= 0.6 is 11.3 Å². The number of aromatic nitrogens is 5. The maximum atomic E-state index is 11.4. The molecule has 78 valence electrons. The summed E-state index contributed by atoms with van der Waals surface area (Å²) in [5.74, 6) is -0.198. The number of hydrogen-bond acceptors (Lipinski definition) is 6. The fourth-order valence-corrected chi connectivity index (χ4v) is 1.58. The Morgan fingerprint density at radius 3 is 3.07 bits per heavy atom. The molecule has 1 amide bonds. The number of rotatable bonds is 3. The third-order valence-electron chi connectivity index (χ3n) is 1.54. The van der Waals surface area contributed by atoms with Crippen LogP contribution in [0.15, 0.2) is 12.7 Å². The number of nitrogens with one attached hydrogen (secondary N) is 1. The van der Waals surface area contributed by atoms with Gasteiger partial charge in [0.1, 0.15) is 24.2 Å². The van der Waals surface area contributed by atoms with Crippen molar-refractivity contribution in [2.24, 2.45) is 0 Å². The fourth-order valence-electron chi connectivity index (χ4n) is 0.967. The molecule has 0 bridgehead atoms. The molecule has 1 N–H and O–H groups in total. The maximum absolute atomic E-state index is 11.4. The Bertz CT molecular complexity index is 450. The van der Waals surface area contributed by atoms with Crippen molar-refractivity contribution in [3.63, 3.8) is 0 Å². The van der Waals surface area contributed by atoms with Gasteiger partial charge < -0.3 is 0 Å². The van der Waals surface area contributed by atoms with Crippen LogP contribution in [0.25, 0.3) is 0 Å². The Balaban J connectivity index is 1.93. The number of carbonyl (C=O) groups is 1. The largest absolute Gasteiger partial charge is 0.299 e. The third-order valence-corrected chi connectivity index (χ3v) is 2.30. The number of nitrogens with zero attached hydrogens (tertiary/aromatic N) is 5. The van der Waals surface area contributed by atoms with Gasteiger partial charge in [-0.3, -0.25) is 10.1 Å². The molecule has 2 aromatic rings. The highest BCUT2D eigenvalue weighted by Gasteiger charge is 2.06. The van der Waals surface area contributed by atoms with Crippen molar-refractivity contribution in [2.45, 2.75) is 13.5 Å². The maximum Gasteiger partial charge on any atom is 0.247 e. The fraction of sp³-hybridized carbons (Fsp3) is 0.286. The Morgan fingerprint density at radius 2 is 2.47 bits per heavy atom. The summed E-state index contributed by atoms with van der Waals surface area (Å²) in [6, 6.07) is 0. The van der Waals surface area contributed by atoms with E-state index in [0.29, 0.717) is 5.13 Å². The summed E-state index contributed by atoms with van der Waals surface area (Å²) >= 11 is 1.33. The molecule has 7 nitrogen and oxygen atoms in total. The highest BCUT2D eigenvalue weighted by atomic mass is 32.1. The molecule has 0 unspecified atom stereocenters. The lowest BCUT2D eigenvalue weighted by Gasteiger charge is -1.99. The van der Waals surface area contributed by atoms with Gasteiger partial charge in [0.05, 0.1) is 0 Å². The van der Waals surface area contributed by atoms with E-state index in [2.05, 4.69) is 25.6 Å². The van der Waals surface area contributed by atoms with E-state index in [-0.39, 0.29) is 12.5 Å². The lowest BCUT2D eigenvalue weighted by Crippen LogP contribution is -2.18. The number of amides is 1. The van der Waals surface area contributed by atoms with Crippen LogP contribution in [-0.4, -0.2) is 30.9 Å². The number of carbonyl (C=O) groups excluding carboxylic acids is 1. The highest BCUT2D eigenvalue weighted by molar-refractivity contribution is 7.15. The molecule has 2 heterocycles.